The summed E-state index contributed by atoms with van der Waals surface area (Å²) in [5.74, 6) is -0.0720. The van der Waals surface area contributed by atoms with E-state index in [1.165, 1.54) is 4.31 Å². The SMILES string of the molecule is CCCc1ccc(S(=O)(=O)N2CCN(C(=O)c3cccc(Br)c3)CC2)cc1. The van der Waals surface area contributed by atoms with E-state index in [-0.39, 0.29) is 5.91 Å². The Morgan fingerprint density at radius 2 is 1.70 bits per heavy atom. The molecule has 7 heteroatoms. The predicted molar refractivity (Wildman–Crippen MR) is 109 cm³/mol. The molecule has 1 aliphatic heterocycles. The van der Waals surface area contributed by atoms with Crippen LogP contribution in [0.2, 0.25) is 0 Å². The van der Waals surface area contributed by atoms with Gasteiger partial charge in [-0.2, -0.15) is 4.31 Å². The molecular formula is C20H23BrN2O3S. The van der Waals surface area contributed by atoms with E-state index in [4.69, 9.17) is 0 Å². The van der Waals surface area contributed by atoms with E-state index in [0.29, 0.717) is 36.6 Å². The minimum absolute atomic E-state index is 0.0720. The third kappa shape index (κ3) is 4.59. The smallest absolute Gasteiger partial charge is 0.253 e. The summed E-state index contributed by atoms with van der Waals surface area (Å²) in [6, 6.07) is 14.4. The first-order valence-electron chi connectivity index (χ1n) is 9.06. The number of benzene rings is 2. The molecule has 0 unspecified atom stereocenters. The van der Waals surface area contributed by atoms with Gasteiger partial charge >= 0.3 is 0 Å². The molecule has 0 radical (unpaired) electrons. The molecule has 0 aromatic heterocycles. The molecular weight excluding hydrogens is 428 g/mol. The van der Waals surface area contributed by atoms with E-state index >= 15 is 0 Å². The zero-order valence-corrected chi connectivity index (χ0v) is 17.7. The summed E-state index contributed by atoms with van der Waals surface area (Å²) in [6.45, 7) is 3.48. The van der Waals surface area contributed by atoms with Crippen LogP contribution in [-0.4, -0.2) is 49.7 Å². The standard InChI is InChI=1S/C20H23BrN2O3S/c1-2-4-16-7-9-19(10-8-16)27(25,26)23-13-11-22(12-14-23)20(24)17-5-3-6-18(21)15-17/h3,5-10,15H,2,4,11-14H2,1H3. The molecule has 5 nitrogen and oxygen atoms in total. The lowest BCUT2D eigenvalue weighted by Crippen LogP contribution is -2.50. The minimum Gasteiger partial charge on any atom is -0.336 e. The lowest BCUT2D eigenvalue weighted by atomic mass is 10.1. The zero-order valence-electron chi connectivity index (χ0n) is 15.3. The summed E-state index contributed by atoms with van der Waals surface area (Å²) in [5.41, 5.74) is 1.74. The maximum absolute atomic E-state index is 12.9. The number of piperazine rings is 1. The van der Waals surface area contributed by atoms with Crippen molar-refractivity contribution in [3.8, 4) is 0 Å². The van der Waals surface area contributed by atoms with Gasteiger partial charge in [-0.05, 0) is 42.3 Å². The minimum atomic E-state index is -3.53. The molecule has 144 valence electrons. The Bertz CT molecular complexity index is 905. The fraction of sp³-hybridized carbons (Fsp3) is 0.350. The number of carbonyl (C=O) groups is 1. The zero-order chi connectivity index (χ0) is 19.4. The number of rotatable bonds is 5. The lowest BCUT2D eigenvalue weighted by molar-refractivity contribution is 0.0698. The van der Waals surface area contributed by atoms with Crippen LogP contribution < -0.4 is 0 Å². The molecule has 0 N–H and O–H groups in total. The molecule has 2 aromatic carbocycles. The topological polar surface area (TPSA) is 57.7 Å². The van der Waals surface area contributed by atoms with Gasteiger partial charge in [-0.1, -0.05) is 47.5 Å². The molecule has 0 atom stereocenters. The van der Waals surface area contributed by atoms with Gasteiger partial charge in [-0.15, -0.1) is 0 Å². The monoisotopic (exact) mass is 450 g/mol. The predicted octanol–water partition coefficient (Wildman–Crippen LogP) is 3.55. The van der Waals surface area contributed by atoms with Gasteiger partial charge in [-0.3, -0.25) is 4.79 Å². The molecule has 0 spiro atoms. The van der Waals surface area contributed by atoms with Crippen LogP contribution in [0.3, 0.4) is 0 Å². The highest BCUT2D eigenvalue weighted by molar-refractivity contribution is 9.10. The van der Waals surface area contributed by atoms with E-state index in [1.807, 2.05) is 24.3 Å². The average molecular weight is 451 g/mol. The molecule has 1 aliphatic rings. The van der Waals surface area contributed by atoms with Crippen molar-refractivity contribution in [2.45, 2.75) is 24.7 Å². The van der Waals surface area contributed by atoms with Crippen LogP contribution in [0, 0.1) is 0 Å². The van der Waals surface area contributed by atoms with Gasteiger partial charge in [-0.25, -0.2) is 8.42 Å². The summed E-state index contributed by atoms with van der Waals surface area (Å²) in [7, 11) is -3.53. The molecule has 1 saturated heterocycles. The first-order chi connectivity index (χ1) is 12.9. The second-order valence-corrected chi connectivity index (χ2v) is 9.45. The van der Waals surface area contributed by atoms with Crippen molar-refractivity contribution < 1.29 is 13.2 Å². The summed E-state index contributed by atoms with van der Waals surface area (Å²) in [6.07, 6.45) is 1.97. The van der Waals surface area contributed by atoms with E-state index in [9.17, 15) is 13.2 Å². The van der Waals surface area contributed by atoms with Crippen molar-refractivity contribution in [1.29, 1.82) is 0 Å². The van der Waals surface area contributed by atoms with Gasteiger partial charge in [0.1, 0.15) is 0 Å². The second-order valence-electron chi connectivity index (χ2n) is 6.60. The van der Waals surface area contributed by atoms with Crippen molar-refractivity contribution in [2.75, 3.05) is 26.2 Å². The fourth-order valence-corrected chi connectivity index (χ4v) is 5.02. The van der Waals surface area contributed by atoms with Crippen molar-refractivity contribution in [2.24, 2.45) is 0 Å². The Morgan fingerprint density at radius 3 is 2.30 bits per heavy atom. The maximum Gasteiger partial charge on any atom is 0.253 e. The van der Waals surface area contributed by atoms with Crippen LogP contribution in [0.1, 0.15) is 29.3 Å². The number of hydrogen-bond acceptors (Lipinski definition) is 3. The number of hydrogen-bond donors (Lipinski definition) is 0. The van der Waals surface area contributed by atoms with Gasteiger partial charge in [0.15, 0.2) is 0 Å². The first kappa shape index (κ1) is 20.0. The number of aryl methyl sites for hydroxylation is 1. The van der Waals surface area contributed by atoms with Gasteiger partial charge < -0.3 is 4.90 Å². The van der Waals surface area contributed by atoms with Crippen molar-refractivity contribution in [3.05, 3.63) is 64.1 Å². The number of sulfonamides is 1. The highest BCUT2D eigenvalue weighted by Crippen LogP contribution is 2.20. The Balaban J connectivity index is 1.66. The first-order valence-corrected chi connectivity index (χ1v) is 11.3. The third-order valence-corrected chi connectivity index (χ3v) is 7.10. The lowest BCUT2D eigenvalue weighted by Gasteiger charge is -2.34. The Labute approximate surface area is 169 Å². The second kappa shape index (κ2) is 8.54. The van der Waals surface area contributed by atoms with Gasteiger partial charge in [0.2, 0.25) is 10.0 Å². The van der Waals surface area contributed by atoms with Crippen molar-refractivity contribution in [1.82, 2.24) is 9.21 Å². The summed E-state index contributed by atoms with van der Waals surface area (Å²) in [5, 5.41) is 0. The van der Waals surface area contributed by atoms with E-state index < -0.39 is 10.0 Å². The quantitative estimate of drug-likeness (QED) is 0.699. The van der Waals surface area contributed by atoms with Crippen LogP contribution in [0.5, 0.6) is 0 Å². The molecule has 1 amide bonds. The van der Waals surface area contributed by atoms with Crippen LogP contribution >= 0.6 is 15.9 Å². The molecule has 1 fully saturated rings. The highest BCUT2D eigenvalue weighted by Gasteiger charge is 2.30. The van der Waals surface area contributed by atoms with Crippen molar-refractivity contribution >= 4 is 31.9 Å². The van der Waals surface area contributed by atoms with E-state index in [2.05, 4.69) is 22.9 Å². The summed E-state index contributed by atoms with van der Waals surface area (Å²) in [4.78, 5) is 14.6. The highest BCUT2D eigenvalue weighted by atomic mass is 79.9. The average Bonchev–Trinajstić information content (AvgIpc) is 2.68. The molecule has 0 aliphatic carbocycles. The number of carbonyl (C=O) groups excluding carboxylic acids is 1. The molecule has 1 heterocycles. The van der Waals surface area contributed by atoms with E-state index in [0.717, 1.165) is 22.9 Å². The van der Waals surface area contributed by atoms with Crippen LogP contribution in [0.25, 0.3) is 0 Å². The van der Waals surface area contributed by atoms with Crippen LogP contribution in [0.15, 0.2) is 57.9 Å². The normalized spacial score (nSPS) is 15.7. The number of halogens is 1. The van der Waals surface area contributed by atoms with Gasteiger partial charge in [0.25, 0.3) is 5.91 Å². The van der Waals surface area contributed by atoms with Gasteiger partial charge in [0.05, 0.1) is 4.90 Å². The van der Waals surface area contributed by atoms with Gasteiger partial charge in [0, 0.05) is 36.2 Å². The Hall–Kier alpha value is -1.70. The van der Waals surface area contributed by atoms with E-state index in [1.54, 1.807) is 29.2 Å². The summed E-state index contributed by atoms with van der Waals surface area (Å²) >= 11 is 3.37. The molecule has 3 rings (SSSR count). The number of nitrogens with zero attached hydrogens (tertiary/aromatic N) is 2. The Kier molecular flexibility index (Phi) is 6.34. The van der Waals surface area contributed by atoms with Crippen LogP contribution in [0.4, 0.5) is 0 Å². The Morgan fingerprint density at radius 1 is 1.04 bits per heavy atom. The molecule has 27 heavy (non-hydrogen) atoms. The summed E-state index contributed by atoms with van der Waals surface area (Å²) < 4.78 is 28.0. The maximum atomic E-state index is 12.9. The fourth-order valence-electron chi connectivity index (χ4n) is 3.20. The molecule has 0 bridgehead atoms. The van der Waals surface area contributed by atoms with Crippen LogP contribution in [-0.2, 0) is 16.4 Å². The molecule has 2 aromatic rings. The third-order valence-electron chi connectivity index (χ3n) is 4.70. The molecule has 0 saturated carbocycles. The van der Waals surface area contributed by atoms with Crippen molar-refractivity contribution in [3.63, 3.8) is 0 Å². The largest absolute Gasteiger partial charge is 0.336 e. The number of amides is 1.